The monoisotopic (exact) mass is 254 g/mol. The van der Waals surface area contributed by atoms with Crippen LogP contribution < -0.4 is 5.73 Å². The number of nitrogens with zero attached hydrogens (tertiary/aromatic N) is 1. The Bertz CT molecular complexity index is 406. The first kappa shape index (κ1) is 12.7. The molecular weight excluding hydrogens is 235 g/mol. The van der Waals surface area contributed by atoms with Gasteiger partial charge in [-0.3, -0.25) is 4.90 Å². The summed E-state index contributed by atoms with van der Waals surface area (Å²) >= 11 is 2.01. The van der Waals surface area contributed by atoms with Crippen molar-refractivity contribution < 1.29 is 4.39 Å². The maximum atomic E-state index is 13.0. The summed E-state index contributed by atoms with van der Waals surface area (Å²) in [5.74, 6) is 0.884. The van der Waals surface area contributed by atoms with Crippen molar-refractivity contribution in [2.24, 2.45) is 0 Å². The van der Waals surface area contributed by atoms with Crippen LogP contribution in [0.4, 0.5) is 10.1 Å². The smallest absolute Gasteiger partial charge is 0.125 e. The summed E-state index contributed by atoms with van der Waals surface area (Å²) < 4.78 is 13.3. The molecule has 2 N–H and O–H groups in total. The standard InChI is InChI=1S/C13H19FN2S/c1-13(2)9-16(5-6-17-13)8-10-3-4-11(14)7-12(10)15/h3-4,7H,5-6,8-9,15H2,1-2H3. The third-order valence-electron chi connectivity index (χ3n) is 3.01. The zero-order valence-corrected chi connectivity index (χ0v) is 11.2. The van der Waals surface area contributed by atoms with Gasteiger partial charge in [0.2, 0.25) is 0 Å². The van der Waals surface area contributed by atoms with Crippen LogP contribution in [-0.4, -0.2) is 28.5 Å². The van der Waals surface area contributed by atoms with Crippen LogP contribution in [0.15, 0.2) is 18.2 Å². The van der Waals surface area contributed by atoms with Gasteiger partial charge in [0, 0.05) is 35.8 Å². The van der Waals surface area contributed by atoms with Gasteiger partial charge in [-0.25, -0.2) is 4.39 Å². The molecule has 0 amide bonds. The third kappa shape index (κ3) is 3.36. The first-order valence-corrected chi connectivity index (χ1v) is 6.85. The average Bonchev–Trinajstić information content (AvgIpc) is 2.21. The topological polar surface area (TPSA) is 29.3 Å². The van der Waals surface area contributed by atoms with Crippen LogP contribution in [0, 0.1) is 5.82 Å². The van der Waals surface area contributed by atoms with E-state index in [1.54, 1.807) is 6.07 Å². The Kier molecular flexibility index (Phi) is 3.64. The molecular formula is C13H19FN2S. The number of thioether (sulfide) groups is 1. The lowest BCUT2D eigenvalue weighted by atomic mass is 10.1. The van der Waals surface area contributed by atoms with Crippen LogP contribution in [0.1, 0.15) is 19.4 Å². The van der Waals surface area contributed by atoms with Gasteiger partial charge in [-0.15, -0.1) is 0 Å². The normalized spacial score (nSPS) is 20.4. The molecule has 1 saturated heterocycles. The van der Waals surface area contributed by atoms with Gasteiger partial charge in [0.25, 0.3) is 0 Å². The molecule has 2 nitrogen and oxygen atoms in total. The van der Waals surface area contributed by atoms with Crippen LogP contribution in [0.3, 0.4) is 0 Å². The van der Waals surface area contributed by atoms with E-state index in [4.69, 9.17) is 5.73 Å². The van der Waals surface area contributed by atoms with Crippen molar-refractivity contribution in [3.63, 3.8) is 0 Å². The molecule has 94 valence electrons. The summed E-state index contributed by atoms with van der Waals surface area (Å²) in [6, 6.07) is 4.67. The minimum atomic E-state index is -0.263. The Balaban J connectivity index is 2.05. The zero-order chi connectivity index (χ0) is 12.5. The maximum Gasteiger partial charge on any atom is 0.125 e. The van der Waals surface area contributed by atoms with E-state index in [1.165, 1.54) is 12.1 Å². The quantitative estimate of drug-likeness (QED) is 0.823. The van der Waals surface area contributed by atoms with Crippen molar-refractivity contribution in [3.05, 3.63) is 29.6 Å². The Morgan fingerprint density at radius 1 is 1.47 bits per heavy atom. The van der Waals surface area contributed by atoms with Crippen molar-refractivity contribution in [3.8, 4) is 0 Å². The summed E-state index contributed by atoms with van der Waals surface area (Å²) in [4.78, 5) is 2.39. The SMILES string of the molecule is CC1(C)CN(Cc2ccc(F)cc2N)CCS1. The molecule has 1 fully saturated rings. The molecule has 0 atom stereocenters. The van der Waals surface area contributed by atoms with Gasteiger partial charge in [-0.05, 0) is 31.5 Å². The van der Waals surface area contributed by atoms with E-state index in [0.29, 0.717) is 10.4 Å². The number of hydrogen-bond donors (Lipinski definition) is 1. The van der Waals surface area contributed by atoms with E-state index in [-0.39, 0.29) is 5.82 Å². The Hall–Kier alpha value is -0.740. The number of nitrogen functional groups attached to an aromatic ring is 1. The Labute approximate surface area is 106 Å². The molecule has 0 unspecified atom stereocenters. The molecule has 0 aromatic heterocycles. The van der Waals surface area contributed by atoms with Gasteiger partial charge in [0.15, 0.2) is 0 Å². The van der Waals surface area contributed by atoms with E-state index in [9.17, 15) is 4.39 Å². The Morgan fingerprint density at radius 2 is 2.24 bits per heavy atom. The third-order valence-corrected chi connectivity index (χ3v) is 4.30. The predicted octanol–water partition coefficient (Wildman–Crippen LogP) is 2.74. The van der Waals surface area contributed by atoms with Crippen LogP contribution in [0.2, 0.25) is 0 Å². The summed E-state index contributed by atoms with van der Waals surface area (Å²) in [5.41, 5.74) is 7.41. The van der Waals surface area contributed by atoms with Crippen LogP contribution in [-0.2, 0) is 6.54 Å². The number of benzene rings is 1. The Morgan fingerprint density at radius 3 is 2.88 bits per heavy atom. The van der Waals surface area contributed by atoms with Gasteiger partial charge in [-0.1, -0.05) is 6.07 Å². The second-order valence-corrected chi connectivity index (χ2v) is 6.96. The summed E-state index contributed by atoms with van der Waals surface area (Å²) in [6.07, 6.45) is 0. The van der Waals surface area contributed by atoms with E-state index in [1.807, 2.05) is 11.8 Å². The van der Waals surface area contributed by atoms with Gasteiger partial charge in [0.05, 0.1) is 0 Å². The molecule has 0 spiro atoms. The molecule has 0 saturated carbocycles. The number of hydrogen-bond acceptors (Lipinski definition) is 3. The molecule has 17 heavy (non-hydrogen) atoms. The second kappa shape index (κ2) is 4.86. The summed E-state index contributed by atoms with van der Waals surface area (Å²) in [7, 11) is 0. The molecule has 1 heterocycles. The van der Waals surface area contributed by atoms with Gasteiger partial charge in [0.1, 0.15) is 5.82 Å². The summed E-state index contributed by atoms with van der Waals surface area (Å²) in [5, 5.41) is 0. The fourth-order valence-electron chi connectivity index (χ4n) is 2.20. The second-order valence-electron chi connectivity index (χ2n) is 5.16. The molecule has 2 rings (SSSR count). The number of anilines is 1. The minimum Gasteiger partial charge on any atom is -0.398 e. The minimum absolute atomic E-state index is 0.263. The number of nitrogens with two attached hydrogens (primary N) is 1. The number of rotatable bonds is 2. The maximum absolute atomic E-state index is 13.0. The van der Waals surface area contributed by atoms with Crippen molar-refractivity contribution in [2.45, 2.75) is 25.1 Å². The highest BCUT2D eigenvalue weighted by molar-refractivity contribution is 8.00. The highest BCUT2D eigenvalue weighted by Crippen LogP contribution is 2.30. The first-order valence-electron chi connectivity index (χ1n) is 5.86. The van der Waals surface area contributed by atoms with Crippen LogP contribution >= 0.6 is 11.8 Å². The molecule has 1 aliphatic heterocycles. The highest BCUT2D eigenvalue weighted by atomic mass is 32.2. The lowest BCUT2D eigenvalue weighted by Gasteiger charge is -2.37. The molecule has 0 radical (unpaired) electrons. The highest BCUT2D eigenvalue weighted by Gasteiger charge is 2.27. The molecule has 0 bridgehead atoms. The van der Waals surface area contributed by atoms with E-state index in [0.717, 1.165) is 31.0 Å². The fourth-order valence-corrected chi connectivity index (χ4v) is 3.38. The zero-order valence-electron chi connectivity index (χ0n) is 10.4. The summed E-state index contributed by atoms with van der Waals surface area (Å²) in [6.45, 7) is 7.46. The predicted molar refractivity (Wildman–Crippen MR) is 72.6 cm³/mol. The molecule has 1 aromatic carbocycles. The lowest BCUT2D eigenvalue weighted by Crippen LogP contribution is -2.42. The van der Waals surface area contributed by atoms with Crippen LogP contribution in [0.25, 0.3) is 0 Å². The van der Waals surface area contributed by atoms with Gasteiger partial charge < -0.3 is 5.73 Å². The van der Waals surface area contributed by atoms with E-state index in [2.05, 4.69) is 18.7 Å². The molecule has 0 aliphatic carbocycles. The average molecular weight is 254 g/mol. The van der Waals surface area contributed by atoms with Crippen LogP contribution in [0.5, 0.6) is 0 Å². The fraction of sp³-hybridized carbons (Fsp3) is 0.538. The molecule has 1 aliphatic rings. The van der Waals surface area contributed by atoms with Gasteiger partial charge >= 0.3 is 0 Å². The number of halogens is 1. The molecule has 1 aromatic rings. The lowest BCUT2D eigenvalue weighted by molar-refractivity contribution is 0.253. The van der Waals surface area contributed by atoms with Crippen molar-refractivity contribution in [1.82, 2.24) is 4.90 Å². The van der Waals surface area contributed by atoms with Crippen molar-refractivity contribution in [2.75, 3.05) is 24.6 Å². The molecule has 4 heteroatoms. The van der Waals surface area contributed by atoms with Gasteiger partial charge in [-0.2, -0.15) is 11.8 Å². The van der Waals surface area contributed by atoms with E-state index < -0.39 is 0 Å². The van der Waals surface area contributed by atoms with E-state index >= 15 is 0 Å². The van der Waals surface area contributed by atoms with Crippen molar-refractivity contribution >= 4 is 17.4 Å². The largest absolute Gasteiger partial charge is 0.398 e. The van der Waals surface area contributed by atoms with Crippen molar-refractivity contribution in [1.29, 1.82) is 0 Å². The first-order chi connectivity index (χ1) is 7.96.